The standard InChI is InChI=1S/C14H14NO3P/c16-19(17)18-15(11-13-7-3-1-4-8-13)12-14-9-5-2-6-10-14/h1-10H,11-12H2/p+1. The fraction of sp³-hybridized carbons (Fsp3) is 0.143. The van der Waals surface area contributed by atoms with Crippen LogP contribution in [-0.2, 0) is 22.3 Å². The van der Waals surface area contributed by atoms with Crippen molar-refractivity contribution in [2.24, 2.45) is 0 Å². The molecule has 0 spiro atoms. The highest BCUT2D eigenvalue weighted by Gasteiger charge is 2.21. The Hall–Kier alpha value is -1.58. The molecule has 2 aromatic carbocycles. The zero-order valence-electron chi connectivity index (χ0n) is 10.3. The molecule has 0 bridgehead atoms. The number of benzene rings is 2. The molecule has 0 saturated carbocycles. The van der Waals surface area contributed by atoms with E-state index in [0.29, 0.717) is 13.1 Å². The van der Waals surface area contributed by atoms with Crippen molar-refractivity contribution < 1.29 is 14.1 Å². The van der Waals surface area contributed by atoms with E-state index in [0.717, 1.165) is 11.1 Å². The lowest BCUT2D eigenvalue weighted by Crippen LogP contribution is -2.20. The Morgan fingerprint density at radius 2 is 1.32 bits per heavy atom. The molecule has 5 heteroatoms. The maximum atomic E-state index is 10.9. The predicted molar refractivity (Wildman–Crippen MR) is 73.0 cm³/mol. The lowest BCUT2D eigenvalue weighted by atomic mass is 10.2. The third-order valence-electron chi connectivity index (χ3n) is 2.59. The van der Waals surface area contributed by atoms with Crippen molar-refractivity contribution in [1.29, 1.82) is 0 Å². The fourth-order valence-electron chi connectivity index (χ4n) is 1.79. The minimum absolute atomic E-state index is 0.456. The van der Waals surface area contributed by atoms with E-state index in [1.54, 1.807) is 0 Å². The Labute approximate surface area is 113 Å². The van der Waals surface area contributed by atoms with E-state index in [2.05, 4.69) is 0 Å². The van der Waals surface area contributed by atoms with Gasteiger partial charge in [-0.1, -0.05) is 60.7 Å². The molecule has 2 aromatic rings. The van der Waals surface area contributed by atoms with E-state index in [1.165, 1.54) is 5.06 Å². The van der Waals surface area contributed by atoms with Gasteiger partial charge in [0.15, 0.2) is 0 Å². The van der Waals surface area contributed by atoms with Crippen LogP contribution in [0.3, 0.4) is 0 Å². The summed E-state index contributed by atoms with van der Waals surface area (Å²) in [6.45, 7) is 0.911. The van der Waals surface area contributed by atoms with Crippen molar-refractivity contribution in [3.05, 3.63) is 71.8 Å². The van der Waals surface area contributed by atoms with Crippen LogP contribution in [0.2, 0.25) is 0 Å². The summed E-state index contributed by atoms with van der Waals surface area (Å²) in [5, 5.41) is 1.49. The number of hydrogen-bond donors (Lipinski definition) is 1. The molecule has 0 amide bonds. The van der Waals surface area contributed by atoms with Gasteiger partial charge in [-0.15, -0.1) is 9.96 Å². The lowest BCUT2D eigenvalue weighted by Gasteiger charge is -2.14. The van der Waals surface area contributed by atoms with Crippen LogP contribution >= 0.6 is 8.25 Å². The van der Waals surface area contributed by atoms with Crippen molar-refractivity contribution in [1.82, 2.24) is 5.06 Å². The van der Waals surface area contributed by atoms with Crippen molar-refractivity contribution >= 4 is 8.25 Å². The van der Waals surface area contributed by atoms with Crippen molar-refractivity contribution in [2.45, 2.75) is 13.1 Å². The van der Waals surface area contributed by atoms with E-state index in [9.17, 15) is 4.57 Å². The van der Waals surface area contributed by atoms with Crippen LogP contribution in [0.15, 0.2) is 60.7 Å². The number of rotatable bonds is 6. The van der Waals surface area contributed by atoms with Gasteiger partial charge < -0.3 is 0 Å². The van der Waals surface area contributed by atoms with Gasteiger partial charge in [0.2, 0.25) is 0 Å². The van der Waals surface area contributed by atoms with E-state index in [-0.39, 0.29) is 0 Å². The molecule has 0 aromatic heterocycles. The average Bonchev–Trinajstić information content (AvgIpc) is 2.40. The summed E-state index contributed by atoms with van der Waals surface area (Å²) < 4.78 is 15.8. The molecule has 2 rings (SSSR count). The van der Waals surface area contributed by atoms with Gasteiger partial charge in [-0.2, -0.15) is 0 Å². The topological polar surface area (TPSA) is 49.8 Å². The zero-order chi connectivity index (χ0) is 13.5. The number of hydroxylamine groups is 2. The Kier molecular flexibility index (Phi) is 5.19. The molecular weight excluding hydrogens is 261 g/mol. The van der Waals surface area contributed by atoms with Crippen LogP contribution in [0.1, 0.15) is 11.1 Å². The first kappa shape index (κ1) is 13.8. The smallest absolute Gasteiger partial charge is 0.132 e. The highest BCUT2D eigenvalue weighted by Crippen LogP contribution is 2.21. The van der Waals surface area contributed by atoms with E-state index < -0.39 is 8.25 Å². The number of nitrogens with zero attached hydrogens (tertiary/aromatic N) is 1. The maximum absolute atomic E-state index is 10.9. The Bertz CT molecular complexity index is 477. The largest absolute Gasteiger partial charge is 0.713 e. The van der Waals surface area contributed by atoms with Gasteiger partial charge in [0, 0.05) is 4.57 Å². The first-order valence-electron chi connectivity index (χ1n) is 5.91. The summed E-state index contributed by atoms with van der Waals surface area (Å²) in [6.07, 6.45) is 0. The quantitative estimate of drug-likeness (QED) is 0.650. The molecule has 0 heterocycles. The van der Waals surface area contributed by atoms with Crippen LogP contribution in [0.4, 0.5) is 0 Å². The van der Waals surface area contributed by atoms with Gasteiger partial charge in [0.25, 0.3) is 0 Å². The first-order valence-corrected chi connectivity index (χ1v) is 7.04. The number of hydrogen-bond acceptors (Lipinski definition) is 3. The van der Waals surface area contributed by atoms with Crippen molar-refractivity contribution in [3.8, 4) is 0 Å². The van der Waals surface area contributed by atoms with Crippen molar-refractivity contribution in [2.75, 3.05) is 0 Å². The van der Waals surface area contributed by atoms with Crippen LogP contribution < -0.4 is 0 Å². The van der Waals surface area contributed by atoms with Gasteiger partial charge >= 0.3 is 8.25 Å². The minimum Gasteiger partial charge on any atom is -0.132 e. The van der Waals surface area contributed by atoms with Crippen LogP contribution in [-0.4, -0.2) is 9.96 Å². The van der Waals surface area contributed by atoms with Gasteiger partial charge in [-0.25, -0.2) is 0 Å². The first-order chi connectivity index (χ1) is 9.24. The van der Waals surface area contributed by atoms with Crippen LogP contribution in [0.25, 0.3) is 0 Å². The molecule has 1 atom stereocenters. The van der Waals surface area contributed by atoms with E-state index in [4.69, 9.17) is 9.52 Å². The Morgan fingerprint density at radius 1 is 0.895 bits per heavy atom. The Morgan fingerprint density at radius 3 is 1.68 bits per heavy atom. The van der Waals surface area contributed by atoms with E-state index >= 15 is 0 Å². The summed E-state index contributed by atoms with van der Waals surface area (Å²) in [4.78, 5) is 8.92. The molecule has 19 heavy (non-hydrogen) atoms. The predicted octanol–water partition coefficient (Wildman–Crippen LogP) is 3.27. The SMILES string of the molecule is O=[P+](O)ON(Cc1ccccc1)Cc1ccccc1. The second-order valence-electron chi connectivity index (χ2n) is 4.09. The fourth-order valence-corrected chi connectivity index (χ4v) is 2.10. The average molecular weight is 276 g/mol. The summed E-state index contributed by atoms with van der Waals surface area (Å²) in [5.74, 6) is 0. The van der Waals surface area contributed by atoms with Crippen LogP contribution in [0, 0.1) is 0 Å². The molecule has 98 valence electrons. The maximum Gasteiger partial charge on any atom is 0.713 e. The molecular formula is C14H15NO3P+. The normalized spacial score (nSPS) is 11.6. The molecule has 0 fully saturated rings. The molecule has 4 nitrogen and oxygen atoms in total. The highest BCUT2D eigenvalue weighted by atomic mass is 31.1. The zero-order valence-corrected chi connectivity index (χ0v) is 11.2. The second-order valence-corrected chi connectivity index (χ2v) is 4.73. The molecule has 1 unspecified atom stereocenters. The monoisotopic (exact) mass is 276 g/mol. The summed E-state index contributed by atoms with van der Waals surface area (Å²) >= 11 is 0. The third kappa shape index (κ3) is 4.89. The van der Waals surface area contributed by atoms with Gasteiger partial charge in [-0.3, -0.25) is 0 Å². The van der Waals surface area contributed by atoms with Gasteiger partial charge in [0.05, 0.1) is 13.1 Å². The van der Waals surface area contributed by atoms with Crippen molar-refractivity contribution in [3.63, 3.8) is 0 Å². The summed E-state index contributed by atoms with van der Waals surface area (Å²) in [5.41, 5.74) is 2.05. The third-order valence-corrected chi connectivity index (χ3v) is 2.96. The van der Waals surface area contributed by atoms with Crippen LogP contribution in [0.5, 0.6) is 0 Å². The summed E-state index contributed by atoms with van der Waals surface area (Å²) in [6, 6.07) is 19.4. The Balaban J connectivity index is 2.06. The highest BCUT2D eigenvalue weighted by molar-refractivity contribution is 7.32. The van der Waals surface area contributed by atoms with Gasteiger partial charge in [0.1, 0.15) is 0 Å². The molecule has 1 N–H and O–H groups in total. The lowest BCUT2D eigenvalue weighted by molar-refractivity contribution is -0.0770. The molecule has 0 aliphatic rings. The molecule has 0 aliphatic heterocycles. The van der Waals surface area contributed by atoms with Gasteiger partial charge in [-0.05, 0) is 15.8 Å². The summed E-state index contributed by atoms with van der Waals surface area (Å²) in [7, 11) is -2.66. The molecule has 0 radical (unpaired) electrons. The minimum atomic E-state index is -2.66. The molecule has 0 saturated heterocycles. The molecule has 0 aliphatic carbocycles. The second kappa shape index (κ2) is 7.12. The van der Waals surface area contributed by atoms with E-state index in [1.807, 2.05) is 60.7 Å².